The van der Waals surface area contributed by atoms with Gasteiger partial charge in [-0.15, -0.1) is 0 Å². The molecule has 1 amide bonds. The fourth-order valence-corrected chi connectivity index (χ4v) is 12.7. The molecule has 0 aliphatic carbocycles. The zero-order chi connectivity index (χ0) is 63.8. The number of carbonyl (C=O) groups is 1. The molecular weight excluding hydrogens is 1110 g/mol. The summed E-state index contributed by atoms with van der Waals surface area (Å²) >= 11 is 0. The average molecular weight is 1250 g/mol. The summed E-state index contributed by atoms with van der Waals surface area (Å²) in [5, 5.41) is 87.5. The van der Waals surface area contributed by atoms with Crippen LogP contribution in [0.1, 0.15) is 348 Å². The molecule has 12 atom stereocenters. The van der Waals surface area contributed by atoms with Crippen molar-refractivity contribution < 1.29 is 64.6 Å². The van der Waals surface area contributed by atoms with Crippen molar-refractivity contribution in [2.75, 3.05) is 19.8 Å². The first-order valence-electron chi connectivity index (χ1n) is 37.6. The first kappa shape index (κ1) is 82.6. The van der Waals surface area contributed by atoms with Gasteiger partial charge >= 0.3 is 0 Å². The van der Waals surface area contributed by atoms with Crippen molar-refractivity contribution >= 4 is 5.91 Å². The molecule has 9 N–H and O–H groups in total. The second-order valence-electron chi connectivity index (χ2n) is 26.8. The second-order valence-corrected chi connectivity index (χ2v) is 26.8. The third kappa shape index (κ3) is 42.6. The second kappa shape index (κ2) is 59.2. The Kier molecular flexibility index (Phi) is 55.6. The van der Waals surface area contributed by atoms with Crippen LogP contribution in [0.3, 0.4) is 0 Å². The van der Waals surface area contributed by atoms with Gasteiger partial charge in [-0.2, -0.15) is 0 Å². The van der Waals surface area contributed by atoms with Gasteiger partial charge in [0.1, 0.15) is 48.8 Å². The van der Waals surface area contributed by atoms with Gasteiger partial charge in [-0.25, -0.2) is 0 Å². The normalized spacial score (nSPS) is 23.2. The van der Waals surface area contributed by atoms with Gasteiger partial charge in [0, 0.05) is 6.42 Å². The van der Waals surface area contributed by atoms with Crippen molar-refractivity contribution in [2.24, 2.45) is 0 Å². The van der Waals surface area contributed by atoms with E-state index in [4.69, 9.17) is 18.9 Å². The van der Waals surface area contributed by atoms with E-state index < -0.39 is 86.8 Å². The van der Waals surface area contributed by atoms with Gasteiger partial charge < -0.3 is 65.1 Å². The van der Waals surface area contributed by atoms with Gasteiger partial charge in [0.2, 0.25) is 5.91 Å². The number of carbonyl (C=O) groups excluding carboxylic acids is 1. The van der Waals surface area contributed by atoms with E-state index in [2.05, 4.69) is 31.3 Å². The summed E-state index contributed by atoms with van der Waals surface area (Å²) in [4.78, 5) is 13.3. The van der Waals surface area contributed by atoms with Crippen LogP contribution in [-0.4, -0.2) is 140 Å². The highest BCUT2D eigenvalue weighted by atomic mass is 16.7. The monoisotopic (exact) mass is 1250 g/mol. The van der Waals surface area contributed by atoms with E-state index in [0.29, 0.717) is 12.8 Å². The summed E-state index contributed by atoms with van der Waals surface area (Å²) in [7, 11) is 0. The first-order valence-corrected chi connectivity index (χ1v) is 37.6. The lowest BCUT2D eigenvalue weighted by Gasteiger charge is -2.46. The molecule has 2 rings (SSSR count). The van der Waals surface area contributed by atoms with E-state index in [9.17, 15) is 45.6 Å². The van der Waals surface area contributed by atoms with Crippen LogP contribution in [-0.2, 0) is 23.7 Å². The summed E-state index contributed by atoms with van der Waals surface area (Å²) < 4.78 is 22.9. The van der Waals surface area contributed by atoms with Crippen molar-refractivity contribution in [3.05, 3.63) is 24.3 Å². The number of allylic oxidation sites excluding steroid dienone is 3. The average Bonchev–Trinajstić information content (AvgIpc) is 2.07. The van der Waals surface area contributed by atoms with Crippen molar-refractivity contribution in [3.8, 4) is 0 Å². The molecule has 0 radical (unpaired) electrons. The first-order chi connectivity index (χ1) is 43.1. The Bertz CT molecular complexity index is 1570. The Balaban J connectivity index is 1.65. The van der Waals surface area contributed by atoms with Crippen LogP contribution in [0.2, 0.25) is 0 Å². The number of unbranched alkanes of at least 4 members (excludes halogenated alkanes) is 48. The molecule has 0 aromatic carbocycles. The number of nitrogens with one attached hydrogen (secondary N) is 1. The van der Waals surface area contributed by atoms with Crippen molar-refractivity contribution in [1.29, 1.82) is 0 Å². The van der Waals surface area contributed by atoms with Crippen LogP contribution in [0, 0.1) is 0 Å². The molecule has 520 valence electrons. The number of hydrogen-bond acceptors (Lipinski definition) is 13. The highest BCUT2D eigenvalue weighted by molar-refractivity contribution is 5.76. The van der Waals surface area contributed by atoms with Gasteiger partial charge in [-0.1, -0.05) is 334 Å². The van der Waals surface area contributed by atoms with Gasteiger partial charge in [-0.05, 0) is 32.1 Å². The van der Waals surface area contributed by atoms with Gasteiger partial charge in [0.15, 0.2) is 12.6 Å². The third-order valence-electron chi connectivity index (χ3n) is 18.6. The number of aliphatic hydroxyl groups excluding tert-OH is 8. The highest BCUT2D eigenvalue weighted by Crippen LogP contribution is 2.30. The molecule has 88 heavy (non-hydrogen) atoms. The van der Waals surface area contributed by atoms with E-state index in [0.717, 1.165) is 32.1 Å². The molecule has 2 aliphatic rings. The topological polar surface area (TPSA) is 228 Å². The predicted molar refractivity (Wildman–Crippen MR) is 360 cm³/mol. The molecule has 2 heterocycles. The van der Waals surface area contributed by atoms with E-state index in [-0.39, 0.29) is 18.9 Å². The maximum absolute atomic E-state index is 13.3. The molecule has 14 heteroatoms. The van der Waals surface area contributed by atoms with Crippen LogP contribution >= 0.6 is 0 Å². The molecule has 2 fully saturated rings. The summed E-state index contributed by atoms with van der Waals surface area (Å²) in [5.41, 5.74) is 0. The number of amides is 1. The molecule has 0 saturated carbocycles. The largest absolute Gasteiger partial charge is 0.394 e. The molecular formula is C74H141NO13. The fourth-order valence-electron chi connectivity index (χ4n) is 12.7. The van der Waals surface area contributed by atoms with E-state index in [1.807, 2.05) is 6.08 Å². The zero-order valence-electron chi connectivity index (χ0n) is 56.7. The standard InChI is InChI=1S/C74H141NO13/c1-3-5-7-9-11-13-15-17-19-21-23-25-27-28-29-30-31-32-33-34-35-36-37-39-41-43-45-47-49-51-53-55-57-63(78)62(61-85-73-71(84)69(82)72(65(60-77)87-73)88-74-70(83)68(81)67(80)64(59-76)86-74)75-66(79)58-56-54-52-50-48-46-44-42-40-38-26-24-22-20-18-16-14-12-10-8-6-4-2/h47,49,55,57,62-65,67-74,76-78,80-84H,3-46,48,50-54,56,58-61H2,1-2H3,(H,75,79)/b49-47+,57-55+. The quantitative estimate of drug-likeness (QED) is 0.0204. The molecule has 0 aromatic rings. The minimum absolute atomic E-state index is 0.241. The maximum atomic E-state index is 13.3. The van der Waals surface area contributed by atoms with Crippen LogP contribution in [0.25, 0.3) is 0 Å². The minimum atomic E-state index is -1.79. The maximum Gasteiger partial charge on any atom is 0.220 e. The Hall–Kier alpha value is -1.53. The van der Waals surface area contributed by atoms with E-state index in [1.165, 1.54) is 283 Å². The van der Waals surface area contributed by atoms with Gasteiger partial charge in [0.25, 0.3) is 0 Å². The van der Waals surface area contributed by atoms with E-state index in [1.54, 1.807) is 6.08 Å². The lowest BCUT2D eigenvalue weighted by atomic mass is 9.97. The van der Waals surface area contributed by atoms with Crippen LogP contribution < -0.4 is 5.32 Å². The highest BCUT2D eigenvalue weighted by Gasteiger charge is 2.51. The SMILES string of the molecule is CCCCCCCCCCCCCCCCCCCCCCCCCCCC/C=C/CC/C=C/C(O)C(COC1OC(CO)C(OC2OC(CO)C(O)C(O)C2O)C(O)C1O)NC(=O)CCCCCCCCCCCCCCCCCCCCCCCC. The van der Waals surface area contributed by atoms with Crippen LogP contribution in [0.15, 0.2) is 24.3 Å². The Morgan fingerprint density at radius 1 is 0.398 bits per heavy atom. The molecule has 12 unspecified atom stereocenters. The van der Waals surface area contributed by atoms with Crippen molar-refractivity contribution in [3.63, 3.8) is 0 Å². The van der Waals surface area contributed by atoms with Crippen molar-refractivity contribution in [1.82, 2.24) is 5.32 Å². The summed E-state index contributed by atoms with van der Waals surface area (Å²) in [6.45, 7) is 2.85. The smallest absolute Gasteiger partial charge is 0.220 e. The molecule has 14 nitrogen and oxygen atoms in total. The minimum Gasteiger partial charge on any atom is -0.394 e. The number of aliphatic hydroxyl groups is 8. The summed E-state index contributed by atoms with van der Waals surface area (Å²) in [6.07, 6.45) is 58.3. The van der Waals surface area contributed by atoms with Gasteiger partial charge in [0.05, 0.1) is 32.0 Å². The number of ether oxygens (including phenoxy) is 4. The lowest BCUT2D eigenvalue weighted by Crippen LogP contribution is -2.65. The Labute approximate surface area is 539 Å². The molecule has 0 aromatic heterocycles. The van der Waals surface area contributed by atoms with Crippen LogP contribution in [0.4, 0.5) is 0 Å². The van der Waals surface area contributed by atoms with Gasteiger partial charge in [-0.3, -0.25) is 4.79 Å². The number of hydrogen-bond donors (Lipinski definition) is 9. The fraction of sp³-hybridized carbons (Fsp3) is 0.932. The van der Waals surface area contributed by atoms with Crippen molar-refractivity contribution in [2.45, 2.75) is 421 Å². The Morgan fingerprint density at radius 2 is 0.727 bits per heavy atom. The zero-order valence-corrected chi connectivity index (χ0v) is 56.7. The van der Waals surface area contributed by atoms with E-state index >= 15 is 0 Å². The molecule has 0 spiro atoms. The molecule has 0 bridgehead atoms. The predicted octanol–water partition coefficient (Wildman–Crippen LogP) is 15.9. The number of rotatable bonds is 63. The van der Waals surface area contributed by atoms with Crippen LogP contribution in [0.5, 0.6) is 0 Å². The Morgan fingerprint density at radius 3 is 1.11 bits per heavy atom. The lowest BCUT2D eigenvalue weighted by molar-refractivity contribution is -0.359. The summed E-state index contributed by atoms with van der Waals surface area (Å²) in [6, 6.07) is -0.930. The molecule has 2 aliphatic heterocycles. The molecule has 2 saturated heterocycles. The third-order valence-corrected chi connectivity index (χ3v) is 18.6. The summed E-state index contributed by atoms with van der Waals surface area (Å²) in [5.74, 6) is -0.241.